The van der Waals surface area contributed by atoms with Crippen LogP contribution in [0.1, 0.15) is 138 Å². The Balaban J connectivity index is 5.10. The molecule has 0 radical (unpaired) electrons. The third-order valence-electron chi connectivity index (χ3n) is 6.45. The monoisotopic (exact) mass is 518 g/mol. The number of unbranched alkanes of at least 4 members (excludes halogenated alkanes) is 10. The quantitative estimate of drug-likeness (QED) is 0.0683. The Bertz CT molecular complexity index is 447. The van der Waals surface area contributed by atoms with E-state index < -0.39 is 8.80 Å². The molecule has 0 saturated heterocycles. The highest BCUT2D eigenvalue weighted by Crippen LogP contribution is 2.41. The van der Waals surface area contributed by atoms with Gasteiger partial charge >= 0.3 is 8.80 Å². The fourth-order valence-corrected chi connectivity index (χ4v) is 8.76. The third-order valence-corrected chi connectivity index (χ3v) is 10.5. The van der Waals surface area contributed by atoms with E-state index in [9.17, 15) is 0 Å². The Labute approximate surface area is 219 Å². The number of hydrogen-bond donors (Lipinski definition) is 0. The van der Waals surface area contributed by atoms with E-state index in [2.05, 4.69) is 20.8 Å². The van der Waals surface area contributed by atoms with E-state index in [1.165, 1.54) is 70.6 Å². The first-order valence-corrected chi connectivity index (χ1v) is 16.9. The maximum atomic E-state index is 6.38. The van der Waals surface area contributed by atoms with Crippen molar-refractivity contribution in [3.05, 3.63) is 0 Å². The second kappa shape index (κ2) is 23.4. The highest BCUT2D eigenvalue weighted by atomic mass is 32.1. The minimum atomic E-state index is -2.89. The lowest BCUT2D eigenvalue weighted by Crippen LogP contribution is -2.53. The Morgan fingerprint density at radius 1 is 0.588 bits per heavy atom. The lowest BCUT2D eigenvalue weighted by atomic mass is 9.95. The summed E-state index contributed by atoms with van der Waals surface area (Å²) >= 11 is 5.82. The van der Waals surface area contributed by atoms with Gasteiger partial charge in [0.2, 0.25) is 0 Å². The predicted octanol–water partition coefficient (Wildman–Crippen LogP) is 9.28. The van der Waals surface area contributed by atoms with Crippen molar-refractivity contribution in [3.63, 3.8) is 0 Å². The molecule has 0 aliphatic rings. The minimum Gasteiger partial charge on any atom is -0.487 e. The number of thiocarbonyl (C=S) groups is 1. The first kappa shape index (κ1) is 34.0. The van der Waals surface area contributed by atoms with Crippen LogP contribution in [0.2, 0.25) is 5.54 Å². The van der Waals surface area contributed by atoms with Gasteiger partial charge in [-0.1, -0.05) is 97.8 Å². The van der Waals surface area contributed by atoms with Crippen molar-refractivity contribution in [2.75, 3.05) is 26.4 Å². The Morgan fingerprint density at radius 3 is 1.47 bits per heavy atom. The standard InChI is InChI=1S/C28H58O4SSi/c1-7-13-14-15-16-17-18-19-20-21-22-24-27(26(23-8-2)28(33)29-25-9-3)34(30-10-4,31-11-5)32-12-6/h26-27H,7-25H2,1-6H3. The van der Waals surface area contributed by atoms with Crippen LogP contribution in [-0.4, -0.2) is 40.3 Å². The first-order valence-electron chi connectivity index (χ1n) is 14.6. The average Bonchev–Trinajstić information content (AvgIpc) is 2.82. The van der Waals surface area contributed by atoms with E-state index in [1.54, 1.807) is 0 Å². The predicted molar refractivity (Wildman–Crippen MR) is 153 cm³/mol. The molecule has 6 heteroatoms. The van der Waals surface area contributed by atoms with Gasteiger partial charge in [0, 0.05) is 31.3 Å². The van der Waals surface area contributed by atoms with Gasteiger partial charge in [-0.15, -0.1) is 0 Å². The molecule has 0 spiro atoms. The van der Waals surface area contributed by atoms with Gasteiger partial charge in [0.05, 0.1) is 6.61 Å². The molecule has 0 saturated carbocycles. The highest BCUT2D eigenvalue weighted by Gasteiger charge is 2.53. The van der Waals surface area contributed by atoms with Crippen molar-refractivity contribution in [3.8, 4) is 0 Å². The van der Waals surface area contributed by atoms with Crippen molar-refractivity contribution in [2.45, 2.75) is 143 Å². The second-order valence-electron chi connectivity index (χ2n) is 9.40. The molecule has 34 heavy (non-hydrogen) atoms. The molecule has 204 valence electrons. The van der Waals surface area contributed by atoms with Crippen LogP contribution in [-0.2, 0) is 18.0 Å². The second-order valence-corrected chi connectivity index (χ2v) is 12.6. The Kier molecular flexibility index (Phi) is 23.4. The molecule has 0 bridgehead atoms. The summed E-state index contributed by atoms with van der Waals surface area (Å²) in [5, 5.41) is 0.729. The van der Waals surface area contributed by atoms with Crippen LogP contribution in [0, 0.1) is 5.92 Å². The van der Waals surface area contributed by atoms with Crippen molar-refractivity contribution < 1.29 is 18.0 Å². The number of ether oxygens (including phenoxy) is 1. The molecule has 0 rings (SSSR count). The summed E-state index contributed by atoms with van der Waals surface area (Å²) in [6.07, 6.45) is 18.8. The van der Waals surface area contributed by atoms with Crippen molar-refractivity contribution in [2.24, 2.45) is 5.92 Å². The minimum absolute atomic E-state index is 0.144. The van der Waals surface area contributed by atoms with E-state index >= 15 is 0 Å². The van der Waals surface area contributed by atoms with E-state index in [0.29, 0.717) is 26.4 Å². The zero-order chi connectivity index (χ0) is 25.5. The van der Waals surface area contributed by atoms with Crippen LogP contribution in [0.25, 0.3) is 0 Å². The summed E-state index contributed by atoms with van der Waals surface area (Å²) < 4.78 is 25.2. The lowest BCUT2D eigenvalue weighted by Gasteiger charge is -2.39. The molecule has 0 aromatic heterocycles. The van der Waals surface area contributed by atoms with E-state index in [0.717, 1.165) is 30.7 Å². The molecular weight excluding hydrogens is 460 g/mol. The summed E-state index contributed by atoms with van der Waals surface area (Å²) in [4.78, 5) is 0. The van der Waals surface area contributed by atoms with Crippen LogP contribution in [0.15, 0.2) is 0 Å². The van der Waals surface area contributed by atoms with Gasteiger partial charge < -0.3 is 18.0 Å². The van der Waals surface area contributed by atoms with Crippen LogP contribution in [0.4, 0.5) is 0 Å². The third kappa shape index (κ3) is 14.5. The number of hydrogen-bond acceptors (Lipinski definition) is 5. The summed E-state index contributed by atoms with van der Waals surface area (Å²) in [6.45, 7) is 15.2. The fourth-order valence-electron chi connectivity index (χ4n) is 4.81. The van der Waals surface area contributed by atoms with Gasteiger partial charge in [-0.25, -0.2) is 0 Å². The number of rotatable bonds is 25. The molecule has 0 aliphatic heterocycles. The van der Waals surface area contributed by atoms with Crippen molar-refractivity contribution >= 4 is 26.1 Å². The maximum Gasteiger partial charge on any atom is 0.504 e. The van der Waals surface area contributed by atoms with Crippen LogP contribution in [0.3, 0.4) is 0 Å². The van der Waals surface area contributed by atoms with Crippen molar-refractivity contribution in [1.29, 1.82) is 0 Å². The molecule has 0 heterocycles. The van der Waals surface area contributed by atoms with E-state index in [1.807, 2.05) is 20.8 Å². The Hall–Kier alpha value is -0.0131. The SMILES string of the molecule is CCCCCCCCCCCCCC(C(CCC)C(=S)OCCC)[Si](OCC)(OCC)OCC. The van der Waals surface area contributed by atoms with Gasteiger partial charge in [-0.3, -0.25) is 0 Å². The molecule has 0 aromatic carbocycles. The zero-order valence-electron chi connectivity index (χ0n) is 23.6. The molecule has 0 N–H and O–H groups in total. The molecule has 2 unspecified atom stereocenters. The maximum absolute atomic E-state index is 6.38. The normalized spacial score (nSPS) is 13.7. The zero-order valence-corrected chi connectivity index (χ0v) is 25.4. The molecule has 4 nitrogen and oxygen atoms in total. The van der Waals surface area contributed by atoms with E-state index in [-0.39, 0.29) is 11.5 Å². The summed E-state index contributed by atoms with van der Waals surface area (Å²) in [7, 11) is -2.89. The average molecular weight is 519 g/mol. The van der Waals surface area contributed by atoms with Gasteiger partial charge in [0.25, 0.3) is 0 Å². The summed E-state index contributed by atoms with van der Waals surface area (Å²) in [5.74, 6) is 0.144. The molecular formula is C28H58O4SSi. The van der Waals surface area contributed by atoms with Gasteiger partial charge in [0.15, 0.2) is 5.05 Å². The van der Waals surface area contributed by atoms with E-state index in [4.69, 9.17) is 30.2 Å². The molecule has 0 fully saturated rings. The van der Waals surface area contributed by atoms with Gasteiger partial charge in [0.1, 0.15) is 0 Å². The molecule has 0 amide bonds. The molecule has 0 aliphatic carbocycles. The molecule has 0 aromatic rings. The largest absolute Gasteiger partial charge is 0.504 e. The van der Waals surface area contributed by atoms with Gasteiger partial charge in [-0.2, -0.15) is 0 Å². The van der Waals surface area contributed by atoms with Gasteiger partial charge in [-0.05, 0) is 52.3 Å². The fraction of sp³-hybridized carbons (Fsp3) is 0.964. The molecule has 2 atom stereocenters. The topological polar surface area (TPSA) is 36.9 Å². The Morgan fingerprint density at radius 2 is 1.06 bits per heavy atom. The highest BCUT2D eigenvalue weighted by molar-refractivity contribution is 7.80. The van der Waals surface area contributed by atoms with Crippen LogP contribution >= 0.6 is 12.2 Å². The summed E-state index contributed by atoms with van der Waals surface area (Å²) in [5.41, 5.74) is 0.162. The summed E-state index contributed by atoms with van der Waals surface area (Å²) in [6, 6.07) is 0. The lowest BCUT2D eigenvalue weighted by molar-refractivity contribution is 0.0535. The van der Waals surface area contributed by atoms with Crippen molar-refractivity contribution in [1.82, 2.24) is 0 Å². The smallest absolute Gasteiger partial charge is 0.487 e. The van der Waals surface area contributed by atoms with Crippen LogP contribution < -0.4 is 0 Å². The van der Waals surface area contributed by atoms with Crippen LogP contribution in [0.5, 0.6) is 0 Å². The first-order chi connectivity index (χ1) is 16.6.